The summed E-state index contributed by atoms with van der Waals surface area (Å²) < 4.78 is 5.46. The van der Waals surface area contributed by atoms with Crippen LogP contribution >= 0.6 is 0 Å². The normalized spacial score (nSPS) is 29.4. The highest BCUT2D eigenvalue weighted by molar-refractivity contribution is 5.83. The lowest BCUT2D eigenvalue weighted by molar-refractivity contribution is -0.131. The van der Waals surface area contributed by atoms with E-state index in [0.29, 0.717) is 26.1 Å². The Morgan fingerprint density at radius 3 is 3.05 bits per heavy atom. The Kier molecular flexibility index (Phi) is 4.76. The Morgan fingerprint density at radius 1 is 1.63 bits per heavy atom. The number of carbonyl (C=O) groups is 2. The standard InChI is InChI=1S/C13H23N3O3/c1-9(8-16-6-3-4-11(16)17)15-13(18)12-10(2)19-7-5-14-12/h9-10,12,14H,3-8H2,1-2H3,(H,15,18)/t9?,10-,12+/m1/s1. The Morgan fingerprint density at radius 2 is 2.42 bits per heavy atom. The van der Waals surface area contributed by atoms with E-state index in [1.54, 1.807) is 0 Å². The molecule has 0 bridgehead atoms. The van der Waals surface area contributed by atoms with Crippen molar-refractivity contribution in [1.82, 2.24) is 15.5 Å². The maximum Gasteiger partial charge on any atom is 0.240 e. The van der Waals surface area contributed by atoms with E-state index in [4.69, 9.17) is 4.74 Å². The molecule has 2 aliphatic heterocycles. The number of hydrogen-bond donors (Lipinski definition) is 2. The summed E-state index contributed by atoms with van der Waals surface area (Å²) in [5, 5.41) is 6.11. The number of amides is 2. The van der Waals surface area contributed by atoms with Crippen molar-refractivity contribution in [3.63, 3.8) is 0 Å². The van der Waals surface area contributed by atoms with E-state index >= 15 is 0 Å². The molecule has 0 spiro atoms. The summed E-state index contributed by atoms with van der Waals surface area (Å²) in [5.41, 5.74) is 0. The second-order valence-corrected chi connectivity index (χ2v) is 5.36. The molecule has 2 rings (SSSR count). The van der Waals surface area contributed by atoms with E-state index in [2.05, 4.69) is 10.6 Å². The van der Waals surface area contributed by atoms with Crippen molar-refractivity contribution in [2.24, 2.45) is 0 Å². The average Bonchev–Trinajstić information content (AvgIpc) is 2.75. The SMILES string of the molecule is CC(CN1CCCC1=O)NC(=O)[C@H]1NCCO[C@@H]1C. The maximum absolute atomic E-state index is 12.1. The van der Waals surface area contributed by atoms with Crippen LogP contribution in [0.1, 0.15) is 26.7 Å². The number of nitrogens with zero attached hydrogens (tertiary/aromatic N) is 1. The number of carbonyl (C=O) groups excluding carboxylic acids is 2. The van der Waals surface area contributed by atoms with Crippen molar-refractivity contribution in [3.8, 4) is 0 Å². The van der Waals surface area contributed by atoms with Gasteiger partial charge in [-0.1, -0.05) is 0 Å². The van der Waals surface area contributed by atoms with Crippen molar-refractivity contribution < 1.29 is 14.3 Å². The van der Waals surface area contributed by atoms with Gasteiger partial charge in [-0.3, -0.25) is 9.59 Å². The van der Waals surface area contributed by atoms with E-state index in [0.717, 1.165) is 13.0 Å². The fraction of sp³-hybridized carbons (Fsp3) is 0.846. The first kappa shape index (κ1) is 14.3. The van der Waals surface area contributed by atoms with Crippen LogP contribution in [-0.2, 0) is 14.3 Å². The van der Waals surface area contributed by atoms with Gasteiger partial charge >= 0.3 is 0 Å². The van der Waals surface area contributed by atoms with E-state index in [1.165, 1.54) is 0 Å². The van der Waals surface area contributed by atoms with E-state index in [9.17, 15) is 9.59 Å². The van der Waals surface area contributed by atoms with Gasteiger partial charge in [-0.05, 0) is 20.3 Å². The summed E-state index contributed by atoms with van der Waals surface area (Å²) in [6, 6.07) is -0.337. The highest BCUT2D eigenvalue weighted by Gasteiger charge is 2.30. The molecule has 0 aromatic heterocycles. The molecule has 1 unspecified atom stereocenters. The van der Waals surface area contributed by atoms with Crippen LogP contribution in [0.15, 0.2) is 0 Å². The average molecular weight is 269 g/mol. The van der Waals surface area contributed by atoms with Gasteiger partial charge in [0.2, 0.25) is 11.8 Å². The molecule has 2 N–H and O–H groups in total. The molecule has 2 heterocycles. The third kappa shape index (κ3) is 3.67. The number of morpholine rings is 1. The van der Waals surface area contributed by atoms with Gasteiger partial charge in [0.15, 0.2) is 0 Å². The maximum atomic E-state index is 12.1. The van der Waals surface area contributed by atoms with Crippen LogP contribution in [0.2, 0.25) is 0 Å². The first-order valence-corrected chi connectivity index (χ1v) is 7.01. The van der Waals surface area contributed by atoms with Crippen LogP contribution in [0.4, 0.5) is 0 Å². The predicted octanol–water partition coefficient (Wildman–Crippen LogP) is -0.510. The van der Waals surface area contributed by atoms with E-state index < -0.39 is 0 Å². The molecule has 6 nitrogen and oxygen atoms in total. The number of nitrogens with one attached hydrogen (secondary N) is 2. The van der Waals surface area contributed by atoms with Crippen LogP contribution in [0.5, 0.6) is 0 Å². The molecule has 2 saturated heterocycles. The highest BCUT2D eigenvalue weighted by Crippen LogP contribution is 2.10. The molecule has 6 heteroatoms. The Balaban J connectivity index is 1.79. The lowest BCUT2D eigenvalue weighted by Crippen LogP contribution is -2.57. The first-order valence-electron chi connectivity index (χ1n) is 7.01. The van der Waals surface area contributed by atoms with Gasteiger partial charge in [-0.15, -0.1) is 0 Å². The number of rotatable bonds is 4. The third-order valence-electron chi connectivity index (χ3n) is 3.65. The predicted molar refractivity (Wildman–Crippen MR) is 70.6 cm³/mol. The third-order valence-corrected chi connectivity index (χ3v) is 3.65. The summed E-state index contributed by atoms with van der Waals surface area (Å²) in [6.45, 7) is 6.56. The molecule has 108 valence electrons. The zero-order valence-corrected chi connectivity index (χ0v) is 11.6. The molecule has 0 radical (unpaired) electrons. The summed E-state index contributed by atoms with van der Waals surface area (Å²) >= 11 is 0. The molecule has 3 atom stereocenters. The fourth-order valence-electron chi connectivity index (χ4n) is 2.63. The Labute approximate surface area is 113 Å². The molecule has 0 aliphatic carbocycles. The monoisotopic (exact) mass is 269 g/mol. The van der Waals surface area contributed by atoms with Crippen LogP contribution < -0.4 is 10.6 Å². The number of ether oxygens (including phenoxy) is 1. The number of hydrogen-bond acceptors (Lipinski definition) is 4. The molecule has 0 saturated carbocycles. The minimum Gasteiger partial charge on any atom is -0.375 e. The minimum absolute atomic E-state index is 0.0366. The van der Waals surface area contributed by atoms with Gasteiger partial charge in [-0.2, -0.15) is 0 Å². The van der Waals surface area contributed by atoms with Crippen LogP contribution in [0.25, 0.3) is 0 Å². The zero-order chi connectivity index (χ0) is 13.8. The molecule has 2 amide bonds. The lowest BCUT2D eigenvalue weighted by Gasteiger charge is -2.31. The Hall–Kier alpha value is -1.14. The van der Waals surface area contributed by atoms with Crippen LogP contribution in [0.3, 0.4) is 0 Å². The van der Waals surface area contributed by atoms with Gasteiger partial charge < -0.3 is 20.3 Å². The topological polar surface area (TPSA) is 70.7 Å². The van der Waals surface area contributed by atoms with Crippen molar-refractivity contribution in [1.29, 1.82) is 0 Å². The van der Waals surface area contributed by atoms with Gasteiger partial charge in [0, 0.05) is 32.1 Å². The second-order valence-electron chi connectivity index (χ2n) is 5.36. The smallest absolute Gasteiger partial charge is 0.240 e. The van der Waals surface area contributed by atoms with Crippen LogP contribution in [0, 0.1) is 0 Å². The molecule has 0 aromatic rings. The molecule has 2 aliphatic rings. The van der Waals surface area contributed by atoms with Crippen molar-refractivity contribution in [2.45, 2.75) is 44.9 Å². The second kappa shape index (κ2) is 6.34. The van der Waals surface area contributed by atoms with Crippen molar-refractivity contribution in [3.05, 3.63) is 0 Å². The quantitative estimate of drug-likeness (QED) is 0.721. The fourth-order valence-corrected chi connectivity index (χ4v) is 2.63. The van der Waals surface area contributed by atoms with Crippen LogP contribution in [-0.4, -0.2) is 61.1 Å². The molecule has 19 heavy (non-hydrogen) atoms. The van der Waals surface area contributed by atoms with Gasteiger partial charge in [0.05, 0.1) is 12.7 Å². The largest absolute Gasteiger partial charge is 0.375 e. The van der Waals surface area contributed by atoms with Gasteiger partial charge in [-0.25, -0.2) is 0 Å². The van der Waals surface area contributed by atoms with Gasteiger partial charge in [0.1, 0.15) is 6.04 Å². The van der Waals surface area contributed by atoms with Gasteiger partial charge in [0.25, 0.3) is 0 Å². The summed E-state index contributed by atoms with van der Waals surface area (Å²) in [7, 11) is 0. The summed E-state index contributed by atoms with van der Waals surface area (Å²) in [6.07, 6.45) is 1.44. The Bertz CT molecular complexity index is 348. The first-order chi connectivity index (χ1) is 9.08. The summed E-state index contributed by atoms with van der Waals surface area (Å²) in [5.74, 6) is 0.139. The minimum atomic E-state index is -0.300. The highest BCUT2D eigenvalue weighted by atomic mass is 16.5. The van der Waals surface area contributed by atoms with Crippen molar-refractivity contribution >= 4 is 11.8 Å². The van der Waals surface area contributed by atoms with E-state index in [-0.39, 0.29) is 30.0 Å². The molecular formula is C13H23N3O3. The van der Waals surface area contributed by atoms with Crippen molar-refractivity contribution in [2.75, 3.05) is 26.2 Å². The lowest BCUT2D eigenvalue weighted by atomic mass is 10.1. The number of likely N-dealkylation sites (tertiary alicyclic amines) is 1. The zero-order valence-electron chi connectivity index (χ0n) is 11.6. The van der Waals surface area contributed by atoms with E-state index in [1.807, 2.05) is 18.7 Å². The summed E-state index contributed by atoms with van der Waals surface area (Å²) in [4.78, 5) is 25.5. The molecular weight excluding hydrogens is 246 g/mol. The molecule has 2 fully saturated rings. The molecule has 0 aromatic carbocycles.